The van der Waals surface area contributed by atoms with Crippen LogP contribution in [0.15, 0.2) is 59.2 Å². The van der Waals surface area contributed by atoms with Crippen LogP contribution in [0.4, 0.5) is 15.8 Å². The zero-order valence-corrected chi connectivity index (χ0v) is 20.5. The van der Waals surface area contributed by atoms with Crippen LogP contribution in [0.1, 0.15) is 18.5 Å². The first-order chi connectivity index (χ1) is 17.5. The Morgan fingerprint density at radius 3 is 2.58 bits per heavy atom. The molecule has 184 valence electrons. The second-order valence-electron chi connectivity index (χ2n) is 8.31. The predicted molar refractivity (Wildman–Crippen MR) is 134 cm³/mol. The number of hydrogen-bond acceptors (Lipinski definition) is 8. The summed E-state index contributed by atoms with van der Waals surface area (Å²) < 4.78 is 30.6. The Morgan fingerprint density at radius 1 is 1.00 bits per heavy atom. The molecule has 3 heterocycles. The van der Waals surface area contributed by atoms with E-state index in [0.29, 0.717) is 36.2 Å². The van der Waals surface area contributed by atoms with Crippen molar-refractivity contribution in [3.05, 3.63) is 65.5 Å². The number of pyridine rings is 1. The summed E-state index contributed by atoms with van der Waals surface area (Å²) in [7, 11) is 1.50. The van der Waals surface area contributed by atoms with E-state index in [-0.39, 0.29) is 11.1 Å². The van der Waals surface area contributed by atoms with Crippen LogP contribution < -0.4 is 9.47 Å². The molecule has 36 heavy (non-hydrogen) atoms. The number of aromatic nitrogens is 3. The summed E-state index contributed by atoms with van der Waals surface area (Å²) >= 11 is 6.09. The van der Waals surface area contributed by atoms with Crippen LogP contribution in [0, 0.1) is 12.7 Å². The van der Waals surface area contributed by atoms with Gasteiger partial charge in [-0.15, -0.1) is 10.2 Å². The molecule has 0 unspecified atom stereocenters. The topological polar surface area (TPSA) is 91.1 Å². The SMILES string of the molecule is COc1ncc(-c2cc(OC3CCOCC3)c3ncnc(C)c3c2)cc1N=Nc1ccc(F)cc1Cl. The molecule has 0 bridgehead atoms. The average molecular weight is 508 g/mol. The number of azo groups is 1. The molecular weight excluding hydrogens is 485 g/mol. The first-order valence-electron chi connectivity index (χ1n) is 11.4. The molecule has 0 atom stereocenters. The number of benzene rings is 2. The fourth-order valence-corrected chi connectivity index (χ4v) is 4.19. The molecule has 1 saturated heterocycles. The van der Waals surface area contributed by atoms with Gasteiger partial charge in [0.25, 0.3) is 0 Å². The van der Waals surface area contributed by atoms with Gasteiger partial charge in [-0.25, -0.2) is 19.3 Å². The summed E-state index contributed by atoms with van der Waals surface area (Å²) in [5.74, 6) is 0.520. The second-order valence-corrected chi connectivity index (χ2v) is 8.71. The Labute approximate surface area is 212 Å². The number of ether oxygens (including phenoxy) is 3. The largest absolute Gasteiger partial charge is 0.488 e. The van der Waals surface area contributed by atoms with Crippen LogP contribution in [0.3, 0.4) is 0 Å². The maximum Gasteiger partial charge on any atom is 0.241 e. The minimum Gasteiger partial charge on any atom is -0.488 e. The van der Waals surface area contributed by atoms with Crippen LogP contribution in [-0.2, 0) is 4.74 Å². The van der Waals surface area contributed by atoms with E-state index in [1.165, 1.54) is 25.3 Å². The van der Waals surface area contributed by atoms with Gasteiger partial charge in [0.05, 0.1) is 25.3 Å². The highest BCUT2D eigenvalue weighted by atomic mass is 35.5. The van der Waals surface area contributed by atoms with Gasteiger partial charge in [0.15, 0.2) is 0 Å². The lowest BCUT2D eigenvalue weighted by molar-refractivity contribution is 0.0261. The van der Waals surface area contributed by atoms with E-state index in [4.69, 9.17) is 25.8 Å². The molecule has 2 aromatic carbocycles. The highest BCUT2D eigenvalue weighted by Crippen LogP contribution is 2.37. The number of fused-ring (bicyclic) bond motifs is 1. The van der Waals surface area contributed by atoms with Crippen LogP contribution in [0.2, 0.25) is 5.02 Å². The third-order valence-electron chi connectivity index (χ3n) is 5.90. The van der Waals surface area contributed by atoms with Crippen molar-refractivity contribution in [1.82, 2.24) is 15.0 Å². The predicted octanol–water partition coefficient (Wildman–Crippen LogP) is 6.77. The standard InChI is InChI=1S/C26H23ClFN5O3/c1-15-20-9-16(11-24(25(20)31-14-30-15)36-19-5-7-35-8-6-19)17-10-23(26(34-2)29-13-17)33-32-22-4-3-18(28)12-21(22)27/h3-4,9-14,19H,5-8H2,1-2H3. The lowest BCUT2D eigenvalue weighted by atomic mass is 10.0. The summed E-state index contributed by atoms with van der Waals surface area (Å²) in [4.78, 5) is 13.3. The van der Waals surface area contributed by atoms with Gasteiger partial charge in [-0.05, 0) is 48.9 Å². The monoisotopic (exact) mass is 507 g/mol. The second kappa shape index (κ2) is 10.5. The molecule has 8 nitrogen and oxygen atoms in total. The van der Waals surface area contributed by atoms with Crippen molar-refractivity contribution in [1.29, 1.82) is 0 Å². The normalized spacial score (nSPS) is 14.4. The number of aryl methyl sites for hydroxylation is 1. The highest BCUT2D eigenvalue weighted by Gasteiger charge is 2.19. The summed E-state index contributed by atoms with van der Waals surface area (Å²) in [6.45, 7) is 3.28. The molecule has 0 N–H and O–H groups in total. The van der Waals surface area contributed by atoms with Crippen molar-refractivity contribution in [2.24, 2.45) is 10.2 Å². The zero-order valence-electron chi connectivity index (χ0n) is 19.7. The number of halogens is 2. The van der Waals surface area contributed by atoms with Crippen molar-refractivity contribution in [2.75, 3.05) is 20.3 Å². The van der Waals surface area contributed by atoms with Crippen LogP contribution in [0.25, 0.3) is 22.0 Å². The van der Waals surface area contributed by atoms with Gasteiger partial charge in [0, 0.05) is 35.7 Å². The number of methoxy groups -OCH3 is 1. The van der Waals surface area contributed by atoms with Crippen molar-refractivity contribution >= 4 is 33.9 Å². The Kier molecular flexibility index (Phi) is 7.02. The molecule has 1 aliphatic rings. The fourth-order valence-electron chi connectivity index (χ4n) is 3.99. The fraction of sp³-hybridized carbons (Fsp3) is 0.269. The number of nitrogens with zero attached hydrogens (tertiary/aromatic N) is 5. The quantitative estimate of drug-likeness (QED) is 0.267. The minimum absolute atomic E-state index is 0.0475. The Hall–Kier alpha value is -3.69. The molecule has 1 aliphatic heterocycles. The first kappa shape index (κ1) is 24.0. The molecule has 10 heteroatoms. The van der Waals surface area contributed by atoms with E-state index in [1.54, 1.807) is 12.5 Å². The Morgan fingerprint density at radius 2 is 1.81 bits per heavy atom. The maximum atomic E-state index is 13.4. The van der Waals surface area contributed by atoms with E-state index in [0.717, 1.165) is 40.6 Å². The average Bonchev–Trinajstić information content (AvgIpc) is 2.89. The van der Waals surface area contributed by atoms with Gasteiger partial charge in [-0.3, -0.25) is 0 Å². The Bertz CT molecular complexity index is 1440. The van der Waals surface area contributed by atoms with Gasteiger partial charge in [0.2, 0.25) is 5.88 Å². The molecular formula is C26H23ClFN5O3. The lowest BCUT2D eigenvalue weighted by Gasteiger charge is -2.24. The van der Waals surface area contributed by atoms with Gasteiger partial charge in [0.1, 0.15) is 40.9 Å². The van der Waals surface area contributed by atoms with Crippen LogP contribution in [0.5, 0.6) is 11.6 Å². The third-order valence-corrected chi connectivity index (χ3v) is 6.20. The van der Waals surface area contributed by atoms with Gasteiger partial charge >= 0.3 is 0 Å². The lowest BCUT2D eigenvalue weighted by Crippen LogP contribution is -2.26. The van der Waals surface area contributed by atoms with Gasteiger partial charge < -0.3 is 14.2 Å². The minimum atomic E-state index is -0.449. The van der Waals surface area contributed by atoms with Gasteiger partial charge in [-0.2, -0.15) is 0 Å². The van der Waals surface area contributed by atoms with Crippen molar-refractivity contribution in [3.8, 4) is 22.8 Å². The molecule has 0 saturated carbocycles. The molecule has 1 fully saturated rings. The van der Waals surface area contributed by atoms with Crippen LogP contribution >= 0.6 is 11.6 Å². The highest BCUT2D eigenvalue weighted by molar-refractivity contribution is 6.32. The number of hydrogen-bond donors (Lipinski definition) is 0. The Balaban J connectivity index is 1.56. The smallest absolute Gasteiger partial charge is 0.241 e. The summed E-state index contributed by atoms with van der Waals surface area (Å²) in [6, 6.07) is 9.67. The number of rotatable bonds is 6. The first-order valence-corrected chi connectivity index (χ1v) is 11.8. The van der Waals surface area contributed by atoms with E-state index >= 15 is 0 Å². The van der Waals surface area contributed by atoms with Crippen molar-refractivity contribution in [3.63, 3.8) is 0 Å². The third kappa shape index (κ3) is 5.12. The summed E-state index contributed by atoms with van der Waals surface area (Å²) in [5, 5.41) is 9.49. The van der Waals surface area contributed by atoms with Crippen molar-refractivity contribution < 1.29 is 18.6 Å². The summed E-state index contributed by atoms with van der Waals surface area (Å²) in [5.41, 5.74) is 3.95. The molecule has 2 aromatic heterocycles. The molecule has 0 radical (unpaired) electrons. The molecule has 0 amide bonds. The summed E-state index contributed by atoms with van der Waals surface area (Å²) in [6.07, 6.45) is 4.92. The van der Waals surface area contributed by atoms with Crippen LogP contribution in [-0.4, -0.2) is 41.4 Å². The van der Waals surface area contributed by atoms with E-state index in [1.807, 2.05) is 25.1 Å². The zero-order chi connectivity index (χ0) is 25.1. The van der Waals surface area contributed by atoms with E-state index in [9.17, 15) is 4.39 Å². The van der Waals surface area contributed by atoms with E-state index < -0.39 is 5.82 Å². The molecule has 0 aliphatic carbocycles. The maximum absolute atomic E-state index is 13.4. The van der Waals surface area contributed by atoms with Crippen molar-refractivity contribution in [2.45, 2.75) is 25.9 Å². The van der Waals surface area contributed by atoms with Gasteiger partial charge in [-0.1, -0.05) is 11.6 Å². The molecule has 5 rings (SSSR count). The molecule has 4 aromatic rings. The van der Waals surface area contributed by atoms with E-state index in [2.05, 4.69) is 25.2 Å². The molecule has 0 spiro atoms.